The summed E-state index contributed by atoms with van der Waals surface area (Å²) in [6.07, 6.45) is 0. The molecule has 1 aliphatic carbocycles. The van der Waals surface area contributed by atoms with E-state index in [1.165, 1.54) is 0 Å². The zero-order valence-electron chi connectivity index (χ0n) is 16.7. The summed E-state index contributed by atoms with van der Waals surface area (Å²) in [7, 11) is -11.0. The fourth-order valence-corrected chi connectivity index (χ4v) is 4.26. The summed E-state index contributed by atoms with van der Waals surface area (Å²) >= 11 is 0. The van der Waals surface area contributed by atoms with Crippen molar-refractivity contribution in [3.8, 4) is 11.5 Å². The zero-order valence-corrected chi connectivity index (χ0v) is 22.3. The van der Waals surface area contributed by atoms with E-state index in [4.69, 9.17) is 9.11 Å². The summed E-state index contributed by atoms with van der Waals surface area (Å²) in [4.78, 5) is 42.1. The van der Waals surface area contributed by atoms with Crippen LogP contribution >= 0.6 is 0 Å². The van der Waals surface area contributed by atoms with Crippen LogP contribution in [0.3, 0.4) is 0 Å². The molecule has 0 radical (unpaired) electrons. The van der Waals surface area contributed by atoms with Gasteiger partial charge in [-0.1, -0.05) is 11.5 Å². The first-order valence-corrected chi connectivity index (χ1v) is 10.5. The van der Waals surface area contributed by atoms with Crippen LogP contribution in [0.5, 0.6) is 11.5 Å². The number of rotatable bonds is 4. The molecule has 168 valence electrons. The van der Waals surface area contributed by atoms with Crippen molar-refractivity contribution >= 4 is 43.2 Å². The van der Waals surface area contributed by atoms with Crippen molar-refractivity contribution in [3.63, 3.8) is 0 Å². The molecule has 34 heavy (non-hydrogen) atoms. The summed E-state index contributed by atoms with van der Waals surface area (Å²) < 4.78 is 63.9. The van der Waals surface area contributed by atoms with Crippen molar-refractivity contribution in [2.45, 2.75) is 9.79 Å². The van der Waals surface area contributed by atoms with Gasteiger partial charge in [-0.15, -0.1) is 0 Å². The zero-order chi connectivity index (χ0) is 24.5. The Labute approximate surface area is 232 Å². The van der Waals surface area contributed by atoms with E-state index in [0.717, 1.165) is 0 Å². The van der Waals surface area contributed by atoms with Gasteiger partial charge in [0.25, 0.3) is 31.6 Å². The molecule has 20 heteroatoms. The van der Waals surface area contributed by atoms with Crippen LogP contribution in [0.4, 0.5) is 11.4 Å². The predicted molar refractivity (Wildman–Crippen MR) is 91.6 cm³/mol. The Hall–Kier alpha value is -2.00. The molecule has 0 amide bonds. The van der Waals surface area contributed by atoms with Gasteiger partial charge in [0.15, 0.2) is 0 Å². The molecule has 0 bridgehead atoms. The van der Waals surface area contributed by atoms with Gasteiger partial charge in [0, 0.05) is 23.3 Å². The largest absolute Gasteiger partial charge is 1.00 e. The fraction of sp³-hybridized carbons (Fsp3) is 0. The summed E-state index contributed by atoms with van der Waals surface area (Å²) in [5.41, 5.74) is -9.13. The van der Waals surface area contributed by atoms with Gasteiger partial charge in [0.2, 0.25) is 11.6 Å². The molecule has 1 aliphatic rings. The second-order valence-corrected chi connectivity index (χ2v) is 8.85. The molecule has 0 saturated heterocycles. The number of carbonyl (C=O) groups is 2. The smallest absolute Gasteiger partial charge is 0.871 e. The van der Waals surface area contributed by atoms with Crippen molar-refractivity contribution in [1.29, 1.82) is 0 Å². The van der Waals surface area contributed by atoms with Crippen LogP contribution in [-0.2, 0) is 20.2 Å². The van der Waals surface area contributed by atoms with Crippen LogP contribution in [-0.4, -0.2) is 47.4 Å². The minimum absolute atomic E-state index is 0. The van der Waals surface area contributed by atoms with Crippen LogP contribution in [0.25, 0.3) is 0 Å². The normalized spacial score (nSPS) is 12.6. The van der Waals surface area contributed by atoms with Crippen LogP contribution in [0, 0.1) is 20.2 Å². The maximum atomic E-state index is 12.9. The minimum atomic E-state index is -5.49. The van der Waals surface area contributed by atoms with Crippen molar-refractivity contribution in [3.05, 3.63) is 54.6 Å². The van der Waals surface area contributed by atoms with Crippen molar-refractivity contribution in [2.24, 2.45) is 0 Å². The molecule has 0 heterocycles. The van der Waals surface area contributed by atoms with Gasteiger partial charge in [0.1, 0.15) is 11.1 Å². The molecule has 2 aromatic rings. The van der Waals surface area contributed by atoms with Crippen molar-refractivity contribution in [2.75, 3.05) is 0 Å². The van der Waals surface area contributed by atoms with E-state index in [-0.39, 0.29) is 71.2 Å². The number of hydrogen-bond acceptors (Lipinski definition) is 12. The van der Waals surface area contributed by atoms with E-state index in [0.29, 0.717) is 0 Å². The Kier molecular flexibility index (Phi) is 8.45. The number of fused-ring (bicyclic) bond motifs is 2. The molecule has 0 unspecified atom stereocenters. The third kappa shape index (κ3) is 4.61. The molecule has 0 saturated carbocycles. The average molecular weight is 534 g/mol. The van der Waals surface area contributed by atoms with Crippen LogP contribution in [0.1, 0.15) is 31.8 Å². The second kappa shape index (κ2) is 9.57. The SMILES string of the molecule is O=C1c2c([N+](=O)[O-])cc(S(=O)(=O)O)c([O-])c2C(=O)c2c([N+](=O)[O-])cc(S(=O)(=O)O)c([O-])c21.[Na+].[Na+]. The Morgan fingerprint density at radius 1 is 0.647 bits per heavy atom. The Bertz CT molecular complexity index is 1420. The number of nitrogens with zero attached hydrogens (tertiary/aromatic N) is 2. The summed E-state index contributed by atoms with van der Waals surface area (Å²) in [6.45, 7) is 0. The Balaban J connectivity index is 0.00000289. The van der Waals surface area contributed by atoms with E-state index in [1.54, 1.807) is 0 Å². The van der Waals surface area contributed by atoms with Crippen molar-refractivity contribution < 1.29 is 115 Å². The number of hydrogen-bond donors (Lipinski definition) is 2. The third-order valence-electron chi connectivity index (χ3n) is 4.31. The maximum absolute atomic E-state index is 12.9. The van der Waals surface area contributed by atoms with Gasteiger partial charge in [-0.3, -0.25) is 38.9 Å². The van der Waals surface area contributed by atoms with Gasteiger partial charge in [-0.2, -0.15) is 16.8 Å². The van der Waals surface area contributed by atoms with Crippen LogP contribution in [0.15, 0.2) is 21.9 Å². The van der Waals surface area contributed by atoms with E-state index < -0.39 is 96.6 Å². The number of carbonyl (C=O) groups excluding carboxylic acids is 2. The first-order chi connectivity index (χ1) is 14.5. The molecule has 0 aliphatic heterocycles. The number of nitro groups is 2. The fourth-order valence-electron chi connectivity index (χ4n) is 3.07. The first-order valence-electron chi connectivity index (χ1n) is 7.59. The molecular formula is C14H4N2Na2O14S2. The first kappa shape index (κ1) is 30.0. The number of ketones is 2. The third-order valence-corrected chi connectivity index (χ3v) is 6.03. The Morgan fingerprint density at radius 2 is 0.912 bits per heavy atom. The summed E-state index contributed by atoms with van der Waals surface area (Å²) in [5, 5.41) is 47.7. The quantitative estimate of drug-likeness (QED) is 0.136. The average Bonchev–Trinajstić information content (AvgIpc) is 2.62. The van der Waals surface area contributed by atoms with Gasteiger partial charge < -0.3 is 10.2 Å². The Morgan fingerprint density at radius 3 is 1.12 bits per heavy atom. The van der Waals surface area contributed by atoms with Gasteiger partial charge in [-0.05, 0) is 0 Å². The van der Waals surface area contributed by atoms with Crippen LogP contribution in [0.2, 0.25) is 0 Å². The molecule has 2 N–H and O–H groups in total. The van der Waals surface area contributed by atoms with Crippen LogP contribution < -0.4 is 69.3 Å². The molecule has 0 fully saturated rings. The second-order valence-electron chi connectivity index (χ2n) is 6.07. The molecule has 0 spiro atoms. The van der Waals surface area contributed by atoms with E-state index >= 15 is 0 Å². The van der Waals surface area contributed by atoms with E-state index in [1.807, 2.05) is 0 Å². The monoisotopic (exact) mass is 534 g/mol. The predicted octanol–water partition coefficient (Wildman–Crippen LogP) is -7.07. The minimum Gasteiger partial charge on any atom is -0.871 e. The van der Waals surface area contributed by atoms with Gasteiger partial charge in [-0.25, -0.2) is 0 Å². The summed E-state index contributed by atoms with van der Waals surface area (Å²) in [5.74, 6) is -7.65. The van der Waals surface area contributed by atoms with Crippen molar-refractivity contribution in [1.82, 2.24) is 0 Å². The summed E-state index contributed by atoms with van der Waals surface area (Å²) in [6, 6.07) is -0.142. The molecule has 0 aromatic heterocycles. The maximum Gasteiger partial charge on any atom is 1.00 e. The number of benzene rings is 2. The van der Waals surface area contributed by atoms with Gasteiger partial charge in [0.05, 0.1) is 19.6 Å². The molecule has 2 aromatic carbocycles. The number of nitro benzene ring substituents is 2. The molecular weight excluding hydrogens is 530 g/mol. The molecule has 3 rings (SSSR count). The molecule has 0 atom stereocenters. The van der Waals surface area contributed by atoms with Gasteiger partial charge >= 0.3 is 59.1 Å². The van der Waals surface area contributed by atoms with E-state index in [9.17, 15) is 56.9 Å². The standard InChI is InChI=1S/C14H6N2O14S2.2Na/c17-11-5(31(25,26)27)1-3(15(21)22)7-9(11)14(20)8-4(16(23)24)2-6(32(28,29)30)12(18)10(8)13(7)19;;/h1-2,17-18H,(H,25,26,27)(H,28,29,30);;/q;2*+1/p-2. The topological polar surface area (TPSA) is 275 Å². The molecule has 16 nitrogen and oxygen atoms in total. The van der Waals surface area contributed by atoms with E-state index in [2.05, 4.69) is 0 Å².